The highest BCUT2D eigenvalue weighted by molar-refractivity contribution is 6.30. The van der Waals surface area contributed by atoms with Crippen molar-refractivity contribution in [2.45, 2.75) is 0 Å². The summed E-state index contributed by atoms with van der Waals surface area (Å²) < 4.78 is 0. The zero-order valence-electron chi connectivity index (χ0n) is 11.5. The van der Waals surface area contributed by atoms with E-state index in [2.05, 4.69) is 4.98 Å². The van der Waals surface area contributed by atoms with Gasteiger partial charge in [-0.15, -0.1) is 0 Å². The van der Waals surface area contributed by atoms with E-state index in [1.807, 2.05) is 24.3 Å². The molecule has 1 aromatic heterocycles. The van der Waals surface area contributed by atoms with Crippen LogP contribution in [-0.4, -0.2) is 10.8 Å². The number of ketones is 1. The van der Waals surface area contributed by atoms with Gasteiger partial charge in [0, 0.05) is 21.7 Å². The number of aromatic nitrogens is 1. The number of rotatable bonds is 3. The first-order valence-electron chi connectivity index (χ1n) is 6.73. The van der Waals surface area contributed by atoms with Crippen molar-refractivity contribution in [3.05, 3.63) is 87.2 Å². The highest BCUT2D eigenvalue weighted by atomic mass is 35.5. The van der Waals surface area contributed by atoms with Crippen molar-refractivity contribution in [3.8, 4) is 0 Å². The molecule has 0 fully saturated rings. The van der Waals surface area contributed by atoms with Gasteiger partial charge in [0.25, 0.3) is 5.56 Å². The molecule has 108 valence electrons. The molecule has 0 spiro atoms. The molecule has 1 heterocycles. The molecule has 0 unspecified atom stereocenters. The monoisotopic (exact) mass is 309 g/mol. The summed E-state index contributed by atoms with van der Waals surface area (Å²) in [4.78, 5) is 26.8. The first kappa shape index (κ1) is 14.3. The average Bonchev–Trinajstić information content (AvgIpc) is 2.53. The van der Waals surface area contributed by atoms with E-state index < -0.39 is 0 Å². The van der Waals surface area contributed by atoms with Crippen LogP contribution in [0.3, 0.4) is 0 Å². The normalized spacial score (nSPS) is 11.1. The Bertz CT molecular complexity index is 924. The van der Waals surface area contributed by atoms with Crippen molar-refractivity contribution in [2.24, 2.45) is 0 Å². The number of carbonyl (C=O) groups is 1. The van der Waals surface area contributed by atoms with Gasteiger partial charge in [0.1, 0.15) is 0 Å². The number of fused-ring (bicyclic) bond motifs is 1. The summed E-state index contributed by atoms with van der Waals surface area (Å²) in [6, 6.07) is 15.9. The Labute approximate surface area is 131 Å². The van der Waals surface area contributed by atoms with Crippen LogP contribution >= 0.6 is 11.6 Å². The highest BCUT2D eigenvalue weighted by Gasteiger charge is 2.03. The molecule has 22 heavy (non-hydrogen) atoms. The molecule has 0 aliphatic rings. The van der Waals surface area contributed by atoms with Gasteiger partial charge in [-0.1, -0.05) is 29.8 Å². The van der Waals surface area contributed by atoms with Gasteiger partial charge in [-0.05, 0) is 53.9 Å². The lowest BCUT2D eigenvalue weighted by molar-refractivity contribution is 0.104. The topological polar surface area (TPSA) is 49.9 Å². The number of aromatic amines is 1. The number of pyridine rings is 1. The smallest absolute Gasteiger partial charge is 0.255 e. The third kappa shape index (κ3) is 3.00. The predicted molar refractivity (Wildman–Crippen MR) is 89.4 cm³/mol. The minimum Gasteiger partial charge on any atom is -0.321 e. The summed E-state index contributed by atoms with van der Waals surface area (Å²) in [5, 5.41) is 1.49. The van der Waals surface area contributed by atoms with Gasteiger partial charge in [0.15, 0.2) is 5.78 Å². The van der Waals surface area contributed by atoms with Crippen LogP contribution in [0.5, 0.6) is 0 Å². The number of hydrogen-bond acceptors (Lipinski definition) is 2. The Morgan fingerprint density at radius 2 is 1.77 bits per heavy atom. The summed E-state index contributed by atoms with van der Waals surface area (Å²) in [7, 11) is 0. The van der Waals surface area contributed by atoms with Crippen molar-refractivity contribution in [3.63, 3.8) is 0 Å². The lowest BCUT2D eigenvalue weighted by Crippen LogP contribution is -2.09. The van der Waals surface area contributed by atoms with Crippen molar-refractivity contribution < 1.29 is 4.79 Å². The van der Waals surface area contributed by atoms with E-state index in [-0.39, 0.29) is 11.3 Å². The summed E-state index contributed by atoms with van der Waals surface area (Å²) in [5.41, 5.74) is 1.52. The number of carbonyl (C=O) groups excluding carboxylic acids is 1. The standard InChI is InChI=1S/C18H12ClNO2/c19-15-8-5-12(6-9-15)17(21)10-7-14-11-13-3-1-2-4-16(13)20-18(14)22/h1-11H,(H,20,22)/b10-7+. The van der Waals surface area contributed by atoms with Crippen molar-refractivity contribution in [1.82, 2.24) is 4.98 Å². The van der Waals surface area contributed by atoms with Crippen LogP contribution in [0.15, 0.2) is 65.5 Å². The van der Waals surface area contributed by atoms with Crippen LogP contribution in [-0.2, 0) is 0 Å². The molecule has 0 atom stereocenters. The van der Waals surface area contributed by atoms with E-state index in [1.165, 1.54) is 12.2 Å². The average molecular weight is 310 g/mol. The Kier molecular flexibility index (Phi) is 3.90. The third-order valence-corrected chi connectivity index (χ3v) is 3.58. The van der Waals surface area contributed by atoms with Crippen LogP contribution < -0.4 is 5.56 Å². The molecule has 0 bridgehead atoms. The lowest BCUT2D eigenvalue weighted by Gasteiger charge is -1.99. The number of halogens is 1. The van der Waals surface area contributed by atoms with Crippen molar-refractivity contribution in [1.29, 1.82) is 0 Å². The second-order valence-electron chi connectivity index (χ2n) is 4.85. The van der Waals surface area contributed by atoms with Gasteiger partial charge in [0.05, 0.1) is 0 Å². The van der Waals surface area contributed by atoms with E-state index in [0.29, 0.717) is 16.1 Å². The summed E-state index contributed by atoms with van der Waals surface area (Å²) >= 11 is 5.79. The quantitative estimate of drug-likeness (QED) is 0.585. The van der Waals surface area contributed by atoms with Crippen LogP contribution in [0, 0.1) is 0 Å². The Morgan fingerprint density at radius 1 is 1.05 bits per heavy atom. The van der Waals surface area contributed by atoms with Gasteiger partial charge in [-0.2, -0.15) is 0 Å². The fourth-order valence-corrected chi connectivity index (χ4v) is 2.29. The zero-order chi connectivity index (χ0) is 15.5. The van der Waals surface area contributed by atoms with E-state index in [0.717, 1.165) is 10.9 Å². The molecule has 1 N–H and O–H groups in total. The Morgan fingerprint density at radius 3 is 2.55 bits per heavy atom. The largest absolute Gasteiger partial charge is 0.321 e. The predicted octanol–water partition coefficient (Wildman–Crippen LogP) is 4.08. The molecular weight excluding hydrogens is 298 g/mol. The highest BCUT2D eigenvalue weighted by Crippen LogP contribution is 2.13. The fraction of sp³-hybridized carbons (Fsp3) is 0. The second kappa shape index (κ2) is 6.00. The van der Waals surface area contributed by atoms with E-state index in [9.17, 15) is 9.59 Å². The molecule has 2 aromatic carbocycles. The SMILES string of the molecule is O=C(/C=C/c1cc2ccccc2[nH]c1=O)c1ccc(Cl)cc1. The summed E-state index contributed by atoms with van der Waals surface area (Å²) in [5.74, 6) is -0.177. The van der Waals surface area contributed by atoms with Crippen LogP contribution in [0.1, 0.15) is 15.9 Å². The van der Waals surface area contributed by atoms with Gasteiger partial charge >= 0.3 is 0 Å². The molecule has 3 rings (SSSR count). The molecule has 0 aliphatic heterocycles. The molecule has 0 amide bonds. The molecule has 0 radical (unpaired) electrons. The molecule has 3 aromatic rings. The number of hydrogen-bond donors (Lipinski definition) is 1. The Hall–Kier alpha value is -2.65. The van der Waals surface area contributed by atoms with Crippen molar-refractivity contribution in [2.75, 3.05) is 0 Å². The van der Waals surface area contributed by atoms with Gasteiger partial charge in [0.2, 0.25) is 0 Å². The van der Waals surface area contributed by atoms with E-state index in [1.54, 1.807) is 30.3 Å². The van der Waals surface area contributed by atoms with Crippen LogP contribution in [0.4, 0.5) is 0 Å². The minimum atomic E-state index is -0.223. The second-order valence-corrected chi connectivity index (χ2v) is 5.28. The van der Waals surface area contributed by atoms with E-state index in [4.69, 9.17) is 11.6 Å². The number of para-hydroxylation sites is 1. The number of allylic oxidation sites excluding steroid dienone is 1. The van der Waals surface area contributed by atoms with Crippen molar-refractivity contribution >= 4 is 34.4 Å². The number of nitrogens with one attached hydrogen (secondary N) is 1. The zero-order valence-corrected chi connectivity index (χ0v) is 12.3. The molecule has 0 aliphatic carbocycles. The molecule has 0 saturated carbocycles. The molecule has 3 nitrogen and oxygen atoms in total. The lowest BCUT2D eigenvalue weighted by atomic mass is 10.1. The molecule has 4 heteroatoms. The van der Waals surface area contributed by atoms with Gasteiger partial charge in [-0.3, -0.25) is 9.59 Å². The minimum absolute atomic E-state index is 0.177. The fourth-order valence-electron chi connectivity index (χ4n) is 2.16. The summed E-state index contributed by atoms with van der Waals surface area (Å²) in [6.45, 7) is 0. The van der Waals surface area contributed by atoms with Gasteiger partial charge < -0.3 is 4.98 Å². The maximum absolute atomic E-state index is 12.1. The maximum Gasteiger partial charge on any atom is 0.255 e. The number of benzene rings is 2. The van der Waals surface area contributed by atoms with Gasteiger partial charge in [-0.25, -0.2) is 0 Å². The van der Waals surface area contributed by atoms with Crippen LogP contribution in [0.25, 0.3) is 17.0 Å². The Balaban J connectivity index is 1.92. The molecular formula is C18H12ClNO2. The molecule has 0 saturated heterocycles. The summed E-state index contributed by atoms with van der Waals surface area (Å²) in [6.07, 6.45) is 2.92. The maximum atomic E-state index is 12.1. The van der Waals surface area contributed by atoms with Crippen LogP contribution in [0.2, 0.25) is 5.02 Å². The first-order valence-corrected chi connectivity index (χ1v) is 7.11. The third-order valence-electron chi connectivity index (χ3n) is 3.33. The first-order chi connectivity index (χ1) is 10.6. The number of H-pyrrole nitrogens is 1. The van der Waals surface area contributed by atoms with E-state index >= 15 is 0 Å².